The lowest BCUT2D eigenvalue weighted by molar-refractivity contribution is 1.07. The molecule has 1 aromatic heterocycles. The summed E-state index contributed by atoms with van der Waals surface area (Å²) in [4.78, 5) is 2.16. The SMILES string of the molecule is CN(c1ccc(CN)cc1)c1cc(Br)cs1. The smallest absolute Gasteiger partial charge is 0.0962 e. The third-order valence-corrected chi connectivity index (χ3v) is 4.21. The summed E-state index contributed by atoms with van der Waals surface area (Å²) in [7, 11) is 2.07. The fourth-order valence-electron chi connectivity index (χ4n) is 1.46. The van der Waals surface area contributed by atoms with Gasteiger partial charge in [0.2, 0.25) is 0 Å². The molecule has 0 unspecified atom stereocenters. The quantitative estimate of drug-likeness (QED) is 0.935. The van der Waals surface area contributed by atoms with Gasteiger partial charge in [-0.25, -0.2) is 0 Å². The molecule has 0 aliphatic carbocycles. The average molecular weight is 297 g/mol. The monoisotopic (exact) mass is 296 g/mol. The highest BCUT2D eigenvalue weighted by Gasteiger charge is 2.05. The van der Waals surface area contributed by atoms with Crippen LogP contribution in [0.1, 0.15) is 5.56 Å². The first-order valence-electron chi connectivity index (χ1n) is 4.97. The van der Waals surface area contributed by atoms with E-state index in [2.05, 4.69) is 63.6 Å². The molecule has 0 bridgehead atoms. The Morgan fingerprint density at radius 3 is 2.50 bits per heavy atom. The summed E-state index contributed by atoms with van der Waals surface area (Å²) in [5.74, 6) is 0. The van der Waals surface area contributed by atoms with Gasteiger partial charge in [-0.05, 0) is 39.7 Å². The van der Waals surface area contributed by atoms with Crippen LogP contribution in [-0.4, -0.2) is 7.05 Å². The van der Waals surface area contributed by atoms with E-state index in [0.717, 1.165) is 10.0 Å². The van der Waals surface area contributed by atoms with Crippen molar-refractivity contribution in [1.82, 2.24) is 0 Å². The van der Waals surface area contributed by atoms with E-state index in [-0.39, 0.29) is 0 Å². The summed E-state index contributed by atoms with van der Waals surface area (Å²) in [6, 6.07) is 10.4. The first kappa shape index (κ1) is 11.6. The van der Waals surface area contributed by atoms with Crippen LogP contribution < -0.4 is 10.6 Å². The number of thiophene rings is 1. The molecule has 0 atom stereocenters. The summed E-state index contributed by atoms with van der Waals surface area (Å²) in [5.41, 5.74) is 7.90. The zero-order valence-electron chi connectivity index (χ0n) is 8.98. The number of benzene rings is 1. The van der Waals surface area contributed by atoms with Crippen LogP contribution in [0.4, 0.5) is 10.7 Å². The number of nitrogens with two attached hydrogens (primary N) is 1. The van der Waals surface area contributed by atoms with Gasteiger partial charge in [-0.2, -0.15) is 0 Å². The maximum Gasteiger partial charge on any atom is 0.0962 e. The predicted molar refractivity (Wildman–Crippen MR) is 74.4 cm³/mol. The van der Waals surface area contributed by atoms with Gasteiger partial charge in [-0.15, -0.1) is 11.3 Å². The molecule has 1 aromatic carbocycles. The fraction of sp³-hybridized carbons (Fsp3) is 0.167. The van der Waals surface area contributed by atoms with E-state index in [1.54, 1.807) is 11.3 Å². The van der Waals surface area contributed by atoms with Crippen molar-refractivity contribution < 1.29 is 0 Å². The van der Waals surface area contributed by atoms with E-state index < -0.39 is 0 Å². The van der Waals surface area contributed by atoms with Crippen LogP contribution in [0, 0.1) is 0 Å². The summed E-state index contributed by atoms with van der Waals surface area (Å²) < 4.78 is 1.12. The van der Waals surface area contributed by atoms with Crippen LogP contribution in [-0.2, 0) is 6.54 Å². The van der Waals surface area contributed by atoms with Crippen LogP contribution in [0.2, 0.25) is 0 Å². The Morgan fingerprint density at radius 1 is 1.31 bits per heavy atom. The van der Waals surface area contributed by atoms with Gasteiger partial charge < -0.3 is 10.6 Å². The van der Waals surface area contributed by atoms with Crippen molar-refractivity contribution in [1.29, 1.82) is 0 Å². The molecule has 0 radical (unpaired) electrons. The highest BCUT2D eigenvalue weighted by atomic mass is 79.9. The Balaban J connectivity index is 2.23. The van der Waals surface area contributed by atoms with Gasteiger partial charge in [0.25, 0.3) is 0 Å². The van der Waals surface area contributed by atoms with Crippen molar-refractivity contribution in [3.63, 3.8) is 0 Å². The number of rotatable bonds is 3. The topological polar surface area (TPSA) is 29.3 Å². The minimum Gasteiger partial charge on any atom is -0.336 e. The Bertz CT molecular complexity index is 464. The van der Waals surface area contributed by atoms with Crippen LogP contribution in [0.25, 0.3) is 0 Å². The number of nitrogens with zero attached hydrogens (tertiary/aromatic N) is 1. The molecule has 0 aliphatic rings. The van der Waals surface area contributed by atoms with E-state index in [0.29, 0.717) is 6.54 Å². The lowest BCUT2D eigenvalue weighted by atomic mass is 10.2. The van der Waals surface area contributed by atoms with Crippen LogP contribution in [0.5, 0.6) is 0 Å². The molecule has 2 aromatic rings. The molecule has 16 heavy (non-hydrogen) atoms. The van der Waals surface area contributed by atoms with Crippen molar-refractivity contribution in [3.8, 4) is 0 Å². The van der Waals surface area contributed by atoms with Gasteiger partial charge in [0.05, 0.1) is 5.00 Å². The largest absolute Gasteiger partial charge is 0.336 e. The van der Waals surface area contributed by atoms with E-state index in [9.17, 15) is 0 Å². The molecular weight excluding hydrogens is 284 g/mol. The van der Waals surface area contributed by atoms with Gasteiger partial charge in [0.15, 0.2) is 0 Å². The minimum atomic E-state index is 0.592. The molecule has 0 fully saturated rings. The molecule has 0 saturated heterocycles. The third kappa shape index (κ3) is 2.45. The molecule has 0 spiro atoms. The first-order chi connectivity index (χ1) is 7.70. The second-order valence-electron chi connectivity index (χ2n) is 3.53. The summed E-state index contributed by atoms with van der Waals surface area (Å²) >= 11 is 5.18. The zero-order chi connectivity index (χ0) is 11.5. The van der Waals surface area contributed by atoms with E-state index >= 15 is 0 Å². The Morgan fingerprint density at radius 2 is 2.00 bits per heavy atom. The molecule has 0 saturated carbocycles. The van der Waals surface area contributed by atoms with Gasteiger partial charge in [0, 0.05) is 29.1 Å². The summed E-state index contributed by atoms with van der Waals surface area (Å²) in [6.45, 7) is 0.592. The standard InChI is InChI=1S/C12H13BrN2S/c1-15(12-6-10(13)8-16-12)11-4-2-9(7-14)3-5-11/h2-6,8H,7,14H2,1H3. The summed E-state index contributed by atoms with van der Waals surface area (Å²) in [6.07, 6.45) is 0. The van der Waals surface area contributed by atoms with Crippen molar-refractivity contribution in [2.45, 2.75) is 6.54 Å². The molecule has 2 rings (SSSR count). The fourth-order valence-corrected chi connectivity index (χ4v) is 2.87. The van der Waals surface area contributed by atoms with Gasteiger partial charge >= 0.3 is 0 Å². The van der Waals surface area contributed by atoms with Crippen molar-refractivity contribution in [2.75, 3.05) is 11.9 Å². The number of hydrogen-bond donors (Lipinski definition) is 1. The Kier molecular flexibility index (Phi) is 3.63. The first-order valence-corrected chi connectivity index (χ1v) is 6.65. The van der Waals surface area contributed by atoms with Gasteiger partial charge in [-0.3, -0.25) is 0 Å². The lowest BCUT2D eigenvalue weighted by Crippen LogP contribution is -2.07. The van der Waals surface area contributed by atoms with Gasteiger partial charge in [-0.1, -0.05) is 12.1 Å². The van der Waals surface area contributed by atoms with Crippen LogP contribution in [0.15, 0.2) is 40.2 Å². The van der Waals surface area contributed by atoms with Crippen molar-refractivity contribution in [3.05, 3.63) is 45.7 Å². The second-order valence-corrected chi connectivity index (χ2v) is 5.34. The molecule has 84 valence electrons. The van der Waals surface area contributed by atoms with Crippen molar-refractivity contribution in [2.24, 2.45) is 5.73 Å². The van der Waals surface area contributed by atoms with Crippen LogP contribution >= 0.6 is 27.3 Å². The maximum absolute atomic E-state index is 5.57. The normalized spacial score (nSPS) is 10.4. The predicted octanol–water partition coefficient (Wildman–Crippen LogP) is 3.74. The van der Waals surface area contributed by atoms with E-state index in [1.807, 2.05) is 0 Å². The molecule has 1 heterocycles. The van der Waals surface area contributed by atoms with Crippen molar-refractivity contribution >= 4 is 38.0 Å². The van der Waals surface area contributed by atoms with Crippen LogP contribution in [0.3, 0.4) is 0 Å². The highest BCUT2D eigenvalue weighted by Crippen LogP contribution is 2.32. The molecule has 2 nitrogen and oxygen atoms in total. The number of anilines is 2. The lowest BCUT2D eigenvalue weighted by Gasteiger charge is -2.17. The molecule has 4 heteroatoms. The molecule has 2 N–H and O–H groups in total. The number of halogens is 1. The number of hydrogen-bond acceptors (Lipinski definition) is 3. The Labute approximate surface area is 108 Å². The maximum atomic E-state index is 5.57. The van der Waals surface area contributed by atoms with Gasteiger partial charge in [0.1, 0.15) is 0 Å². The molecule has 0 amide bonds. The average Bonchev–Trinajstić information content (AvgIpc) is 2.75. The Hall–Kier alpha value is -0.840. The molecular formula is C12H13BrN2S. The third-order valence-electron chi connectivity index (χ3n) is 2.44. The zero-order valence-corrected chi connectivity index (χ0v) is 11.4. The second kappa shape index (κ2) is 4.99. The minimum absolute atomic E-state index is 0.592. The van der Waals surface area contributed by atoms with E-state index in [4.69, 9.17) is 5.73 Å². The summed E-state index contributed by atoms with van der Waals surface area (Å²) in [5, 5.41) is 3.30. The molecule has 0 aliphatic heterocycles. The van der Waals surface area contributed by atoms with E-state index in [1.165, 1.54) is 10.7 Å². The highest BCUT2D eigenvalue weighted by molar-refractivity contribution is 9.10.